The van der Waals surface area contributed by atoms with Gasteiger partial charge in [-0.2, -0.15) is 0 Å². The first kappa shape index (κ1) is 35.7. The number of benzene rings is 8. The summed E-state index contributed by atoms with van der Waals surface area (Å²) in [6, 6.07) is 42.5. The van der Waals surface area contributed by atoms with Crippen LogP contribution >= 0.6 is 0 Å². The van der Waals surface area contributed by atoms with Crippen LogP contribution in [-0.4, -0.2) is 30.6 Å². The average molecular weight is 743 g/mol. The van der Waals surface area contributed by atoms with E-state index in [1.807, 2.05) is 78.9 Å². The van der Waals surface area contributed by atoms with E-state index < -0.39 is 0 Å². The molecule has 0 saturated carbocycles. The topological polar surface area (TPSA) is 140 Å². The highest BCUT2D eigenvalue weighted by atomic mass is 17.2. The molecule has 8 heteroatoms. The average Bonchev–Trinajstić information content (AvgIpc) is 3.20. The Hall–Kier alpha value is -7.32. The van der Waals surface area contributed by atoms with Crippen LogP contribution in [0.1, 0.15) is 44.5 Å². The second-order valence-electron chi connectivity index (χ2n) is 14.0. The first-order valence-corrected chi connectivity index (χ1v) is 18.2. The van der Waals surface area contributed by atoms with Crippen molar-refractivity contribution < 1.29 is 40.4 Å². The van der Waals surface area contributed by atoms with E-state index in [0.29, 0.717) is 53.5 Å². The molecule has 0 bridgehead atoms. The molecule has 6 N–H and O–H groups in total. The first-order valence-electron chi connectivity index (χ1n) is 18.2. The van der Waals surface area contributed by atoms with Crippen LogP contribution in [0.15, 0.2) is 146 Å². The minimum absolute atomic E-state index is 0.120. The Morgan fingerprint density at radius 1 is 0.375 bits per heavy atom. The summed E-state index contributed by atoms with van der Waals surface area (Å²) >= 11 is 0. The van der Waals surface area contributed by atoms with Crippen molar-refractivity contribution in [3.05, 3.63) is 190 Å². The predicted molar refractivity (Wildman–Crippen MR) is 216 cm³/mol. The Balaban J connectivity index is 1.05. The molecule has 0 fully saturated rings. The lowest BCUT2D eigenvalue weighted by molar-refractivity contribution is -0.100. The van der Waals surface area contributed by atoms with Crippen LogP contribution in [0.25, 0.3) is 21.5 Å². The van der Waals surface area contributed by atoms with Crippen molar-refractivity contribution in [3.8, 4) is 46.0 Å². The van der Waals surface area contributed by atoms with Gasteiger partial charge in [-0.25, -0.2) is 0 Å². The van der Waals surface area contributed by atoms with Crippen LogP contribution in [0.2, 0.25) is 0 Å². The van der Waals surface area contributed by atoms with Crippen molar-refractivity contribution in [2.24, 2.45) is 0 Å². The van der Waals surface area contributed by atoms with Gasteiger partial charge in [0.25, 0.3) is 0 Å². The van der Waals surface area contributed by atoms with Gasteiger partial charge in [-0.15, -0.1) is 0 Å². The molecular formula is C48H38O8. The van der Waals surface area contributed by atoms with Crippen LogP contribution in [0.4, 0.5) is 0 Å². The minimum Gasteiger partial charge on any atom is -0.508 e. The van der Waals surface area contributed by atoms with Crippen molar-refractivity contribution in [3.63, 3.8) is 0 Å². The van der Waals surface area contributed by atoms with E-state index in [2.05, 4.69) is 0 Å². The Morgan fingerprint density at radius 3 is 1.48 bits per heavy atom. The molecule has 8 aromatic rings. The van der Waals surface area contributed by atoms with Gasteiger partial charge in [0.05, 0.1) is 0 Å². The van der Waals surface area contributed by atoms with E-state index in [0.717, 1.165) is 49.7 Å². The van der Waals surface area contributed by atoms with E-state index in [1.165, 1.54) is 0 Å². The van der Waals surface area contributed by atoms with Gasteiger partial charge in [0, 0.05) is 41.2 Å². The summed E-state index contributed by atoms with van der Waals surface area (Å²) in [6.45, 7) is 0. The second-order valence-corrected chi connectivity index (χ2v) is 14.0. The highest BCUT2D eigenvalue weighted by Crippen LogP contribution is 2.39. The highest BCUT2D eigenvalue weighted by molar-refractivity contribution is 5.95. The fourth-order valence-electron chi connectivity index (χ4n) is 7.14. The van der Waals surface area contributed by atoms with Crippen molar-refractivity contribution in [2.75, 3.05) is 0 Å². The molecule has 0 heterocycles. The maximum absolute atomic E-state index is 11.4. The maximum Gasteiger partial charge on any atom is 0.182 e. The molecule has 56 heavy (non-hydrogen) atoms. The molecular weight excluding hydrogens is 705 g/mol. The van der Waals surface area contributed by atoms with E-state index in [9.17, 15) is 30.6 Å². The number of hydrogen-bond donors (Lipinski definition) is 6. The van der Waals surface area contributed by atoms with Crippen LogP contribution < -0.4 is 9.78 Å². The summed E-state index contributed by atoms with van der Waals surface area (Å²) < 4.78 is 0. The first-order chi connectivity index (χ1) is 27.2. The zero-order valence-corrected chi connectivity index (χ0v) is 30.2. The van der Waals surface area contributed by atoms with E-state index in [4.69, 9.17) is 9.78 Å². The minimum atomic E-state index is 0.120. The van der Waals surface area contributed by atoms with Gasteiger partial charge in [-0.05, 0) is 129 Å². The van der Waals surface area contributed by atoms with E-state index >= 15 is 0 Å². The molecule has 8 nitrogen and oxygen atoms in total. The van der Waals surface area contributed by atoms with Crippen LogP contribution in [0.3, 0.4) is 0 Å². The summed E-state index contributed by atoms with van der Waals surface area (Å²) in [6.07, 6.45) is 1.85. The molecule has 0 atom stereocenters. The van der Waals surface area contributed by atoms with Crippen molar-refractivity contribution in [1.82, 2.24) is 0 Å². The monoisotopic (exact) mass is 742 g/mol. The lowest BCUT2D eigenvalue weighted by Gasteiger charge is -2.16. The molecule has 0 spiro atoms. The van der Waals surface area contributed by atoms with Crippen LogP contribution in [-0.2, 0) is 25.7 Å². The molecule has 0 amide bonds. The lowest BCUT2D eigenvalue weighted by Crippen LogP contribution is -2.04. The number of hydrogen-bond acceptors (Lipinski definition) is 8. The number of rotatable bonds is 11. The third-order valence-corrected chi connectivity index (χ3v) is 10.1. The van der Waals surface area contributed by atoms with Gasteiger partial charge in [0.2, 0.25) is 0 Å². The third kappa shape index (κ3) is 7.67. The van der Waals surface area contributed by atoms with Crippen LogP contribution in [0.5, 0.6) is 46.0 Å². The quantitative estimate of drug-likeness (QED) is 0.0569. The second kappa shape index (κ2) is 15.2. The summed E-state index contributed by atoms with van der Waals surface area (Å²) in [5.41, 5.74) is 6.87. The normalized spacial score (nSPS) is 11.2. The molecule has 0 aliphatic heterocycles. The fourth-order valence-corrected chi connectivity index (χ4v) is 7.14. The fraction of sp³-hybridized carbons (Fsp3) is 0.0833. The molecule has 278 valence electrons. The molecule has 0 unspecified atom stereocenters. The maximum atomic E-state index is 11.4. The van der Waals surface area contributed by atoms with Gasteiger partial charge in [-0.3, -0.25) is 9.78 Å². The Labute approximate surface area is 322 Å². The van der Waals surface area contributed by atoms with E-state index in [1.54, 1.807) is 66.7 Å². The highest BCUT2D eigenvalue weighted by Gasteiger charge is 2.17. The SMILES string of the molecule is Oc1ccc(Cc2cc3c(O)c(Cc4ccc(O)cc4)ccc3cc2OOc2ccc(Cc3c(O)ccc4c(O)ccc(Cc5ccc(O)cc5)c34)cc2)cc1. The Morgan fingerprint density at radius 2 is 0.875 bits per heavy atom. The van der Waals surface area contributed by atoms with E-state index in [-0.39, 0.29) is 34.5 Å². The molecule has 0 saturated heterocycles. The molecule has 0 aliphatic rings. The summed E-state index contributed by atoms with van der Waals surface area (Å²) in [7, 11) is 0. The molecule has 8 aromatic carbocycles. The molecule has 0 aromatic heterocycles. The third-order valence-electron chi connectivity index (χ3n) is 10.1. The zero-order chi connectivity index (χ0) is 38.8. The van der Waals surface area contributed by atoms with Crippen molar-refractivity contribution in [2.45, 2.75) is 25.7 Å². The standard InChI is InChI=1S/C48H38O8/c49-37-12-1-29(2-13-37)23-34-11-21-44(52)41-20-22-45(53)43(47(34)41)26-32-7-18-40(19-8-32)55-56-46-28-33-9-10-35(24-30-3-14-38(50)15-4-30)48(54)42(33)27-36(46)25-31-5-16-39(51)17-6-31/h1-22,27-28,49-54H,23-26H2. The van der Waals surface area contributed by atoms with Crippen molar-refractivity contribution in [1.29, 1.82) is 0 Å². The molecule has 0 aliphatic carbocycles. The lowest BCUT2D eigenvalue weighted by atomic mass is 9.91. The van der Waals surface area contributed by atoms with Gasteiger partial charge >= 0.3 is 0 Å². The predicted octanol–water partition coefficient (Wildman–Crippen LogP) is 9.96. The Kier molecular flexibility index (Phi) is 9.69. The molecule has 0 radical (unpaired) electrons. The number of fused-ring (bicyclic) bond motifs is 2. The Bertz CT molecular complexity index is 2670. The summed E-state index contributed by atoms with van der Waals surface area (Å²) in [4.78, 5) is 11.9. The van der Waals surface area contributed by atoms with Gasteiger partial charge < -0.3 is 30.6 Å². The van der Waals surface area contributed by atoms with Gasteiger partial charge in [0.15, 0.2) is 11.5 Å². The number of aromatic hydroxyl groups is 6. The summed E-state index contributed by atoms with van der Waals surface area (Å²) in [5, 5.41) is 65.4. The zero-order valence-electron chi connectivity index (χ0n) is 30.2. The largest absolute Gasteiger partial charge is 0.508 e. The summed E-state index contributed by atoms with van der Waals surface area (Å²) in [5.74, 6) is 1.84. The van der Waals surface area contributed by atoms with Crippen LogP contribution in [0, 0.1) is 0 Å². The van der Waals surface area contributed by atoms with Gasteiger partial charge in [0.1, 0.15) is 34.5 Å². The smallest absolute Gasteiger partial charge is 0.182 e. The molecule has 8 rings (SSSR count). The van der Waals surface area contributed by atoms with Gasteiger partial charge in [-0.1, -0.05) is 66.7 Å². The number of phenols is 6. The number of phenolic OH excluding ortho intramolecular Hbond substituents is 6. The van der Waals surface area contributed by atoms with Crippen molar-refractivity contribution >= 4 is 21.5 Å².